The largest absolute Gasteiger partial charge is 0.466 e. The Bertz CT molecular complexity index is 269. The second-order valence-electron chi connectivity index (χ2n) is 5.18. The molecule has 0 bridgehead atoms. The quantitative estimate of drug-likeness (QED) is 0.501. The van der Waals surface area contributed by atoms with Crippen LogP contribution < -0.4 is 0 Å². The van der Waals surface area contributed by atoms with Crippen molar-refractivity contribution in [3.8, 4) is 0 Å². The van der Waals surface area contributed by atoms with Gasteiger partial charge in [-0.05, 0) is 38.5 Å². The predicted molar refractivity (Wildman–Crippen MR) is 72.7 cm³/mol. The van der Waals surface area contributed by atoms with E-state index in [4.69, 9.17) is 9.47 Å². The van der Waals surface area contributed by atoms with E-state index in [2.05, 4.69) is 6.92 Å². The van der Waals surface area contributed by atoms with Crippen LogP contribution in [0.15, 0.2) is 0 Å². The fourth-order valence-electron chi connectivity index (χ4n) is 2.21. The molecule has 1 rings (SSSR count). The van der Waals surface area contributed by atoms with Crippen LogP contribution >= 0.6 is 0 Å². The van der Waals surface area contributed by atoms with E-state index in [0.717, 1.165) is 38.5 Å². The Morgan fingerprint density at radius 1 is 1.00 bits per heavy atom. The number of carbonyl (C=O) groups excluding carboxylic acids is 2. The highest BCUT2D eigenvalue weighted by Crippen LogP contribution is 2.20. The molecule has 0 aromatic rings. The molecule has 1 saturated carbocycles. The second-order valence-corrected chi connectivity index (χ2v) is 5.18. The van der Waals surface area contributed by atoms with Gasteiger partial charge >= 0.3 is 11.9 Å². The summed E-state index contributed by atoms with van der Waals surface area (Å²) in [6.45, 7) is 2.54. The fourth-order valence-corrected chi connectivity index (χ4v) is 2.21. The van der Waals surface area contributed by atoms with Gasteiger partial charge in [0.2, 0.25) is 0 Å². The van der Waals surface area contributed by atoms with Gasteiger partial charge < -0.3 is 9.47 Å². The minimum Gasteiger partial charge on any atom is -0.466 e. The van der Waals surface area contributed by atoms with Crippen LogP contribution in [0.5, 0.6) is 0 Å². The van der Waals surface area contributed by atoms with E-state index in [0.29, 0.717) is 25.9 Å². The van der Waals surface area contributed by atoms with Gasteiger partial charge in [-0.25, -0.2) is 0 Å². The first-order chi connectivity index (χ1) is 9.22. The third-order valence-electron chi connectivity index (χ3n) is 3.37. The zero-order valence-electron chi connectivity index (χ0n) is 12.0. The van der Waals surface area contributed by atoms with Gasteiger partial charge in [0.05, 0.1) is 6.61 Å². The molecule has 1 aliphatic rings. The number of hydrogen-bond donors (Lipinski definition) is 0. The van der Waals surface area contributed by atoms with Gasteiger partial charge in [-0.1, -0.05) is 19.8 Å². The minimum absolute atomic E-state index is 0.109. The van der Waals surface area contributed by atoms with Gasteiger partial charge in [0.25, 0.3) is 0 Å². The first-order valence-corrected chi connectivity index (χ1v) is 7.57. The van der Waals surface area contributed by atoms with Crippen LogP contribution in [0.25, 0.3) is 0 Å². The molecule has 110 valence electrons. The van der Waals surface area contributed by atoms with Gasteiger partial charge in [-0.3, -0.25) is 9.59 Å². The molecule has 4 nitrogen and oxygen atoms in total. The standard InChI is InChI=1S/C15H26O4/c1-2-3-12-18-14(16)10-7-11-15(17)19-13-8-5-4-6-9-13/h13H,2-12H2,1H3. The van der Waals surface area contributed by atoms with Gasteiger partial charge in [0.15, 0.2) is 0 Å². The number of esters is 2. The lowest BCUT2D eigenvalue weighted by atomic mass is 9.98. The average Bonchev–Trinajstić information content (AvgIpc) is 2.40. The number of unbranched alkanes of at least 4 members (excludes halogenated alkanes) is 1. The maximum Gasteiger partial charge on any atom is 0.306 e. The van der Waals surface area contributed by atoms with Crippen molar-refractivity contribution in [3.05, 3.63) is 0 Å². The first kappa shape index (κ1) is 16.0. The van der Waals surface area contributed by atoms with Crippen LogP contribution in [0.2, 0.25) is 0 Å². The predicted octanol–water partition coefficient (Wildman–Crippen LogP) is 3.38. The molecule has 0 unspecified atom stereocenters. The van der Waals surface area contributed by atoms with Crippen molar-refractivity contribution < 1.29 is 19.1 Å². The Morgan fingerprint density at radius 2 is 1.68 bits per heavy atom. The lowest BCUT2D eigenvalue weighted by molar-refractivity contribution is -0.151. The Hall–Kier alpha value is -1.06. The Morgan fingerprint density at radius 3 is 2.37 bits per heavy atom. The summed E-state index contributed by atoms with van der Waals surface area (Å²) < 4.78 is 10.4. The molecular formula is C15H26O4. The molecule has 0 spiro atoms. The van der Waals surface area contributed by atoms with E-state index in [-0.39, 0.29) is 18.0 Å². The first-order valence-electron chi connectivity index (χ1n) is 7.57. The molecule has 0 saturated heterocycles. The monoisotopic (exact) mass is 270 g/mol. The highest BCUT2D eigenvalue weighted by atomic mass is 16.5. The summed E-state index contributed by atoms with van der Waals surface area (Å²) in [5.74, 6) is -0.382. The molecule has 0 heterocycles. The number of rotatable bonds is 8. The zero-order valence-corrected chi connectivity index (χ0v) is 12.0. The normalized spacial score (nSPS) is 16.1. The van der Waals surface area contributed by atoms with E-state index < -0.39 is 0 Å². The third kappa shape index (κ3) is 7.85. The fraction of sp³-hybridized carbons (Fsp3) is 0.867. The summed E-state index contributed by atoms with van der Waals surface area (Å²) in [4.78, 5) is 22.9. The van der Waals surface area contributed by atoms with E-state index in [1.165, 1.54) is 6.42 Å². The Balaban J connectivity index is 2.01. The average molecular weight is 270 g/mol. The van der Waals surface area contributed by atoms with Gasteiger partial charge in [-0.2, -0.15) is 0 Å². The summed E-state index contributed by atoms with van der Waals surface area (Å²) in [7, 11) is 0. The van der Waals surface area contributed by atoms with E-state index >= 15 is 0 Å². The van der Waals surface area contributed by atoms with Crippen molar-refractivity contribution in [3.63, 3.8) is 0 Å². The molecule has 0 radical (unpaired) electrons. The summed E-state index contributed by atoms with van der Waals surface area (Å²) in [6.07, 6.45) is 8.71. The molecule has 0 aromatic carbocycles. The third-order valence-corrected chi connectivity index (χ3v) is 3.37. The molecule has 0 aromatic heterocycles. The van der Waals surface area contributed by atoms with Crippen LogP contribution in [-0.4, -0.2) is 24.6 Å². The van der Waals surface area contributed by atoms with Crippen molar-refractivity contribution in [2.75, 3.05) is 6.61 Å². The Kier molecular flexibility index (Phi) is 8.26. The molecule has 0 aliphatic heterocycles. The van der Waals surface area contributed by atoms with Crippen LogP contribution in [0.4, 0.5) is 0 Å². The van der Waals surface area contributed by atoms with Crippen molar-refractivity contribution in [1.29, 1.82) is 0 Å². The summed E-state index contributed by atoms with van der Waals surface area (Å²) in [5, 5.41) is 0. The van der Waals surface area contributed by atoms with Gasteiger partial charge in [-0.15, -0.1) is 0 Å². The molecule has 1 fully saturated rings. The molecule has 0 amide bonds. The number of hydrogen-bond acceptors (Lipinski definition) is 4. The number of ether oxygens (including phenoxy) is 2. The van der Waals surface area contributed by atoms with Gasteiger partial charge in [0, 0.05) is 12.8 Å². The van der Waals surface area contributed by atoms with Crippen LogP contribution in [0.3, 0.4) is 0 Å². The van der Waals surface area contributed by atoms with E-state index in [9.17, 15) is 9.59 Å². The summed E-state index contributed by atoms with van der Waals surface area (Å²) in [5.41, 5.74) is 0. The zero-order chi connectivity index (χ0) is 13.9. The molecule has 4 heteroatoms. The highest BCUT2D eigenvalue weighted by Gasteiger charge is 2.17. The minimum atomic E-state index is -0.209. The van der Waals surface area contributed by atoms with Crippen molar-refractivity contribution in [2.45, 2.75) is 77.2 Å². The molecular weight excluding hydrogens is 244 g/mol. The number of carbonyl (C=O) groups is 2. The molecule has 19 heavy (non-hydrogen) atoms. The van der Waals surface area contributed by atoms with Crippen molar-refractivity contribution in [2.24, 2.45) is 0 Å². The summed E-state index contributed by atoms with van der Waals surface area (Å²) in [6, 6.07) is 0. The lowest BCUT2D eigenvalue weighted by Gasteiger charge is -2.21. The van der Waals surface area contributed by atoms with Crippen LogP contribution in [0, 0.1) is 0 Å². The van der Waals surface area contributed by atoms with E-state index in [1.54, 1.807) is 0 Å². The van der Waals surface area contributed by atoms with Crippen LogP contribution in [-0.2, 0) is 19.1 Å². The van der Waals surface area contributed by atoms with Crippen molar-refractivity contribution >= 4 is 11.9 Å². The maximum atomic E-state index is 11.6. The van der Waals surface area contributed by atoms with E-state index in [1.807, 2.05) is 0 Å². The highest BCUT2D eigenvalue weighted by molar-refractivity contribution is 5.72. The van der Waals surface area contributed by atoms with Gasteiger partial charge in [0.1, 0.15) is 6.10 Å². The van der Waals surface area contributed by atoms with Crippen LogP contribution in [0.1, 0.15) is 71.1 Å². The SMILES string of the molecule is CCCCOC(=O)CCCC(=O)OC1CCCCC1. The molecule has 1 aliphatic carbocycles. The molecule has 0 N–H and O–H groups in total. The summed E-state index contributed by atoms with van der Waals surface area (Å²) >= 11 is 0. The topological polar surface area (TPSA) is 52.6 Å². The van der Waals surface area contributed by atoms with Crippen molar-refractivity contribution in [1.82, 2.24) is 0 Å². The Labute approximate surface area is 115 Å². The lowest BCUT2D eigenvalue weighted by Crippen LogP contribution is -2.20. The second kappa shape index (κ2) is 9.82. The molecule has 0 atom stereocenters. The smallest absolute Gasteiger partial charge is 0.306 e. The maximum absolute atomic E-state index is 11.6.